The van der Waals surface area contributed by atoms with Crippen molar-refractivity contribution in [1.82, 2.24) is 19.6 Å². The number of aryl methyl sites for hydroxylation is 1. The van der Waals surface area contributed by atoms with E-state index in [-0.39, 0.29) is 11.6 Å². The van der Waals surface area contributed by atoms with Gasteiger partial charge in [0.2, 0.25) is 0 Å². The normalized spacial score (nSPS) is 17.4. The van der Waals surface area contributed by atoms with E-state index in [0.717, 1.165) is 22.2 Å². The first kappa shape index (κ1) is 25.1. The number of rotatable bonds is 8. The van der Waals surface area contributed by atoms with Gasteiger partial charge >= 0.3 is 12.1 Å². The zero-order chi connectivity index (χ0) is 26.0. The number of carbonyl (C=O) groups is 1. The molecule has 13 heteroatoms. The second kappa shape index (κ2) is 8.76. The Morgan fingerprint density at radius 1 is 1.14 bits per heavy atom. The van der Waals surface area contributed by atoms with Crippen LogP contribution >= 0.6 is 11.6 Å². The number of hydrogen-bond acceptors (Lipinski definition) is 4. The second-order valence-electron chi connectivity index (χ2n) is 9.13. The van der Waals surface area contributed by atoms with Gasteiger partial charge in [0.1, 0.15) is 4.90 Å². The first-order valence-corrected chi connectivity index (χ1v) is 12.8. The molecule has 0 saturated heterocycles. The number of nitrogens with zero attached hydrogens (tertiary/aromatic N) is 4. The number of hydrogen-bond donors (Lipinski definition) is 0. The molecule has 2 aliphatic rings. The highest BCUT2D eigenvalue weighted by molar-refractivity contribution is 7.86. The number of benzene rings is 1. The van der Waals surface area contributed by atoms with Crippen LogP contribution < -0.4 is 0 Å². The van der Waals surface area contributed by atoms with Crippen LogP contribution in [0.2, 0.25) is 5.02 Å². The van der Waals surface area contributed by atoms with Crippen molar-refractivity contribution in [3.63, 3.8) is 0 Å². The largest absolute Gasteiger partial charge is 0.459 e. The van der Waals surface area contributed by atoms with Gasteiger partial charge in [0.25, 0.3) is 0 Å². The minimum atomic E-state index is -5.91. The second-order valence-corrected chi connectivity index (χ2v) is 11.2. The van der Waals surface area contributed by atoms with Crippen LogP contribution in [0.25, 0.3) is 16.9 Å². The third-order valence-corrected chi connectivity index (χ3v) is 8.41. The summed E-state index contributed by atoms with van der Waals surface area (Å²) in [6.45, 7) is 0. The van der Waals surface area contributed by atoms with Gasteiger partial charge < -0.3 is 0 Å². The maximum atomic E-state index is 14.4. The van der Waals surface area contributed by atoms with Gasteiger partial charge in [-0.15, -0.1) is 0 Å². The van der Waals surface area contributed by atoms with Crippen molar-refractivity contribution in [2.45, 2.75) is 54.3 Å². The summed E-state index contributed by atoms with van der Waals surface area (Å²) in [7, 11) is -0.951. The van der Waals surface area contributed by atoms with E-state index < -0.39 is 38.7 Å². The number of ketones is 1. The van der Waals surface area contributed by atoms with Crippen LogP contribution in [0.3, 0.4) is 0 Å². The van der Waals surface area contributed by atoms with E-state index in [1.165, 1.54) is 19.4 Å². The third kappa shape index (κ3) is 4.49. The molecule has 0 amide bonds. The molecule has 0 bridgehead atoms. The Morgan fingerprint density at radius 2 is 1.83 bits per heavy atom. The maximum Gasteiger partial charge on any atom is 0.459 e. The van der Waals surface area contributed by atoms with Gasteiger partial charge in [0, 0.05) is 36.0 Å². The van der Waals surface area contributed by atoms with Crippen LogP contribution in [0.1, 0.15) is 48.2 Å². The third-order valence-electron chi connectivity index (χ3n) is 6.23. The zero-order valence-corrected chi connectivity index (χ0v) is 20.4. The van der Waals surface area contributed by atoms with E-state index in [9.17, 15) is 31.0 Å². The van der Waals surface area contributed by atoms with Crippen molar-refractivity contribution >= 4 is 28.2 Å². The molecule has 3 aromatic rings. The van der Waals surface area contributed by atoms with E-state index in [2.05, 4.69) is 10.2 Å². The van der Waals surface area contributed by atoms with Crippen LogP contribution in [0, 0.1) is 5.92 Å². The molecule has 0 N–H and O–H groups in total. The zero-order valence-electron chi connectivity index (χ0n) is 18.9. The molecule has 2 saturated carbocycles. The van der Waals surface area contributed by atoms with E-state index in [1.54, 1.807) is 18.2 Å². The highest BCUT2D eigenvalue weighted by Gasteiger charge is 2.62. The molecule has 1 atom stereocenters. The topological polar surface area (TPSA) is 69.8 Å². The number of halogens is 6. The fourth-order valence-corrected chi connectivity index (χ4v) is 5.81. The molecule has 0 aliphatic heterocycles. The minimum Gasteiger partial charge on any atom is -0.294 e. The first-order valence-electron chi connectivity index (χ1n) is 11.2. The fraction of sp³-hybridized carbons (Fsp3) is 0.435. The summed E-state index contributed by atoms with van der Waals surface area (Å²) in [4.78, 5) is 11.9. The van der Waals surface area contributed by atoms with Gasteiger partial charge in [-0.3, -0.25) is 9.00 Å². The molecule has 1 aromatic carbocycles. The number of aromatic nitrogens is 4. The lowest BCUT2D eigenvalue weighted by Gasteiger charge is -2.18. The quantitative estimate of drug-likeness (QED) is 0.263. The summed E-state index contributed by atoms with van der Waals surface area (Å²) in [6, 6.07) is 4.81. The van der Waals surface area contributed by atoms with Gasteiger partial charge in [-0.05, 0) is 49.3 Å². The lowest BCUT2D eigenvalue weighted by molar-refractivity contribution is -0.292. The van der Waals surface area contributed by atoms with Gasteiger partial charge in [-0.2, -0.15) is 32.1 Å². The van der Waals surface area contributed by atoms with Crippen molar-refractivity contribution in [1.29, 1.82) is 0 Å². The van der Waals surface area contributed by atoms with Crippen molar-refractivity contribution in [3.05, 3.63) is 46.9 Å². The highest BCUT2D eigenvalue weighted by atomic mass is 35.5. The van der Waals surface area contributed by atoms with Gasteiger partial charge in [-0.1, -0.05) is 17.7 Å². The van der Waals surface area contributed by atoms with Crippen molar-refractivity contribution in [2.24, 2.45) is 13.0 Å². The van der Waals surface area contributed by atoms with Gasteiger partial charge in [0.05, 0.1) is 22.0 Å². The predicted molar refractivity (Wildman–Crippen MR) is 122 cm³/mol. The van der Waals surface area contributed by atoms with Crippen LogP contribution in [-0.2, 0) is 23.8 Å². The first-order chi connectivity index (χ1) is 16.9. The molecule has 2 aromatic heterocycles. The van der Waals surface area contributed by atoms with Crippen molar-refractivity contribution < 1.29 is 31.0 Å². The standard InChI is InChI=1S/C23H20ClF5N4O2S/c1-32-21(19(36(35)15-5-6-15)20(31-32)22(25,26)23(27,28)29)33-11-14(10-30-33)13-4-7-17(24)16(9-13)18(34)8-12-2-3-12/h4,7,9-12,15H,2-3,5-6,8H2,1H3. The summed E-state index contributed by atoms with van der Waals surface area (Å²) < 4.78 is 83.3. The molecular formula is C23H20ClF5N4O2S. The SMILES string of the molecule is Cn1nc(C(F)(F)C(F)(F)F)c(S(=O)C2CC2)c1-n1cc(-c2ccc(Cl)c(C(=O)CC3CC3)c2)cn1. The Hall–Kier alpha value is -2.60. The molecule has 6 nitrogen and oxygen atoms in total. The molecule has 2 heterocycles. The molecule has 192 valence electrons. The predicted octanol–water partition coefficient (Wildman–Crippen LogP) is 5.83. The lowest BCUT2D eigenvalue weighted by atomic mass is 10.0. The van der Waals surface area contributed by atoms with Crippen LogP contribution in [0.15, 0.2) is 35.5 Å². The van der Waals surface area contributed by atoms with Crippen LogP contribution in [0.4, 0.5) is 22.0 Å². The van der Waals surface area contributed by atoms with E-state index in [4.69, 9.17) is 11.6 Å². The number of alkyl halides is 5. The molecular weight excluding hydrogens is 527 g/mol. The van der Waals surface area contributed by atoms with E-state index >= 15 is 0 Å². The monoisotopic (exact) mass is 546 g/mol. The van der Waals surface area contributed by atoms with E-state index in [0.29, 0.717) is 46.9 Å². The highest BCUT2D eigenvalue weighted by Crippen LogP contribution is 2.47. The molecule has 0 spiro atoms. The smallest absolute Gasteiger partial charge is 0.294 e. The molecule has 5 rings (SSSR count). The number of carbonyl (C=O) groups excluding carboxylic acids is 1. The average molecular weight is 547 g/mol. The Balaban J connectivity index is 1.57. The minimum absolute atomic E-state index is 0.0930. The molecule has 36 heavy (non-hydrogen) atoms. The van der Waals surface area contributed by atoms with Crippen molar-refractivity contribution in [2.75, 3.05) is 0 Å². The lowest BCUT2D eigenvalue weighted by Crippen LogP contribution is -2.35. The van der Waals surface area contributed by atoms with E-state index in [1.807, 2.05) is 0 Å². The number of Topliss-reactive ketones (excluding diaryl/α,β-unsaturated/α-hetero) is 1. The Morgan fingerprint density at radius 3 is 2.44 bits per heavy atom. The molecule has 0 radical (unpaired) electrons. The summed E-state index contributed by atoms with van der Waals surface area (Å²) in [5, 5.41) is 7.36. The molecule has 2 aliphatic carbocycles. The maximum absolute atomic E-state index is 14.4. The summed E-state index contributed by atoms with van der Waals surface area (Å²) in [6.07, 6.45) is 0.152. The summed E-state index contributed by atoms with van der Waals surface area (Å²) in [5.41, 5.74) is -0.232. The van der Waals surface area contributed by atoms with Gasteiger partial charge in [0.15, 0.2) is 17.3 Å². The fourth-order valence-electron chi connectivity index (χ4n) is 3.92. The summed E-state index contributed by atoms with van der Waals surface area (Å²) >= 11 is 6.23. The van der Waals surface area contributed by atoms with Crippen LogP contribution in [-0.4, -0.2) is 41.0 Å². The Labute approximate surface area is 209 Å². The average Bonchev–Trinajstić information content (AvgIpc) is 3.73. The Kier molecular flexibility index (Phi) is 6.10. The van der Waals surface area contributed by atoms with Gasteiger partial charge in [-0.25, -0.2) is 9.36 Å². The molecule has 1 unspecified atom stereocenters. The molecule has 2 fully saturated rings. The summed E-state index contributed by atoms with van der Waals surface area (Å²) in [5.74, 6) is -5.28. The van der Waals surface area contributed by atoms with Crippen LogP contribution in [0.5, 0.6) is 0 Å². The Bertz CT molecular complexity index is 1380. The van der Waals surface area contributed by atoms with Crippen molar-refractivity contribution in [3.8, 4) is 16.9 Å².